The highest BCUT2D eigenvalue weighted by atomic mass is 19.1. The maximum absolute atomic E-state index is 14.0. The van der Waals surface area contributed by atoms with Gasteiger partial charge in [-0.3, -0.25) is 9.36 Å². The predicted octanol–water partition coefficient (Wildman–Crippen LogP) is 4.50. The highest BCUT2D eigenvalue weighted by molar-refractivity contribution is 5.85. The number of halogens is 1. The second-order valence-electron chi connectivity index (χ2n) is 9.60. The van der Waals surface area contributed by atoms with Gasteiger partial charge in [0.2, 0.25) is 0 Å². The first-order valence-electron chi connectivity index (χ1n) is 11.7. The first-order valence-corrected chi connectivity index (χ1v) is 11.7. The van der Waals surface area contributed by atoms with Crippen LogP contribution in [-0.4, -0.2) is 39.9 Å². The summed E-state index contributed by atoms with van der Waals surface area (Å²) in [6.45, 7) is 4.83. The van der Waals surface area contributed by atoms with Gasteiger partial charge in [0.05, 0.1) is 5.52 Å². The van der Waals surface area contributed by atoms with E-state index in [-0.39, 0.29) is 23.5 Å². The Kier molecular flexibility index (Phi) is 5.72. The molecule has 0 bridgehead atoms. The number of H-pyrrole nitrogens is 1. The van der Waals surface area contributed by atoms with E-state index < -0.39 is 0 Å². The minimum atomic E-state index is -0.389. The second-order valence-corrected chi connectivity index (χ2v) is 9.60. The molecule has 1 saturated carbocycles. The SMILES string of the molecule is C[C@H](CC(=O)C1CC1c1ccccc1)CN1CCC(n2c(=O)[nH]c3c(F)cccc32)CC1. The van der Waals surface area contributed by atoms with Crippen LogP contribution in [0, 0.1) is 17.7 Å². The zero-order valence-electron chi connectivity index (χ0n) is 18.5. The Morgan fingerprint density at radius 2 is 1.88 bits per heavy atom. The van der Waals surface area contributed by atoms with Gasteiger partial charge in [0.25, 0.3) is 0 Å². The van der Waals surface area contributed by atoms with Crippen LogP contribution in [0.2, 0.25) is 0 Å². The van der Waals surface area contributed by atoms with E-state index in [0.717, 1.165) is 38.9 Å². The first kappa shape index (κ1) is 21.1. The minimum Gasteiger partial charge on any atom is -0.303 e. The van der Waals surface area contributed by atoms with Crippen molar-refractivity contribution < 1.29 is 9.18 Å². The second kappa shape index (κ2) is 8.66. The van der Waals surface area contributed by atoms with Gasteiger partial charge >= 0.3 is 5.69 Å². The Morgan fingerprint density at radius 1 is 1.12 bits per heavy atom. The van der Waals surface area contributed by atoms with Crippen LogP contribution in [0.3, 0.4) is 0 Å². The zero-order chi connectivity index (χ0) is 22.2. The van der Waals surface area contributed by atoms with Crippen molar-refractivity contribution in [3.63, 3.8) is 0 Å². The van der Waals surface area contributed by atoms with Gasteiger partial charge in [0, 0.05) is 38.0 Å². The number of rotatable bonds is 7. The molecule has 2 heterocycles. The maximum atomic E-state index is 14.0. The van der Waals surface area contributed by atoms with E-state index in [1.54, 1.807) is 16.7 Å². The molecule has 32 heavy (non-hydrogen) atoms. The summed E-state index contributed by atoms with van der Waals surface area (Å²) in [5.74, 6) is 0.930. The molecule has 2 aliphatic rings. The average Bonchev–Trinajstić information content (AvgIpc) is 3.52. The minimum absolute atomic E-state index is 0.0735. The summed E-state index contributed by atoms with van der Waals surface area (Å²) < 4.78 is 15.7. The van der Waals surface area contributed by atoms with E-state index in [1.165, 1.54) is 11.6 Å². The molecular weight excluding hydrogens is 405 g/mol. The third-order valence-corrected chi connectivity index (χ3v) is 7.18. The number of aromatic nitrogens is 2. The number of likely N-dealkylation sites (tertiary alicyclic amines) is 1. The number of fused-ring (bicyclic) bond motifs is 1. The molecule has 3 aromatic rings. The molecule has 1 aliphatic carbocycles. The number of aromatic amines is 1. The molecular formula is C26H30FN3O2. The molecule has 1 N–H and O–H groups in total. The number of nitrogens with zero attached hydrogens (tertiary/aromatic N) is 2. The molecule has 5 rings (SSSR count). The van der Waals surface area contributed by atoms with Gasteiger partial charge < -0.3 is 9.88 Å². The zero-order valence-corrected chi connectivity index (χ0v) is 18.5. The number of carbonyl (C=O) groups excluding carboxylic acids is 1. The molecule has 6 heteroatoms. The van der Waals surface area contributed by atoms with Gasteiger partial charge in [-0.2, -0.15) is 0 Å². The fraction of sp³-hybridized carbons (Fsp3) is 0.462. The standard InChI is InChI=1S/C26H30FN3O2/c1-17(14-24(31)21-15-20(21)18-6-3-2-4-7-18)16-29-12-10-19(11-13-29)30-23-9-5-8-22(27)25(23)28-26(30)32/h2-9,17,19-21H,10-16H2,1H3,(H,28,32)/t17-,20?,21?/m1/s1. The highest BCUT2D eigenvalue weighted by Gasteiger charge is 2.43. The normalized spacial score (nSPS) is 22.8. The van der Waals surface area contributed by atoms with Gasteiger partial charge in [0.15, 0.2) is 0 Å². The summed E-state index contributed by atoms with van der Waals surface area (Å²) in [6, 6.07) is 15.2. The summed E-state index contributed by atoms with van der Waals surface area (Å²) in [4.78, 5) is 30.3. The number of ketones is 1. The number of carbonyl (C=O) groups is 1. The van der Waals surface area contributed by atoms with Crippen LogP contribution in [0.15, 0.2) is 53.3 Å². The number of benzene rings is 2. The molecule has 1 saturated heterocycles. The van der Waals surface area contributed by atoms with Crippen LogP contribution in [0.25, 0.3) is 11.0 Å². The lowest BCUT2D eigenvalue weighted by Crippen LogP contribution is -2.39. The van der Waals surface area contributed by atoms with Crippen molar-refractivity contribution in [1.82, 2.24) is 14.5 Å². The summed E-state index contributed by atoms with van der Waals surface area (Å²) in [7, 11) is 0. The molecule has 0 radical (unpaired) electrons. The Bertz CT molecular complexity index is 1160. The van der Waals surface area contributed by atoms with Gasteiger partial charge in [-0.15, -0.1) is 0 Å². The first-order chi connectivity index (χ1) is 15.5. The average molecular weight is 436 g/mol. The van der Waals surface area contributed by atoms with Crippen molar-refractivity contribution in [1.29, 1.82) is 0 Å². The molecule has 0 amide bonds. The molecule has 1 aliphatic heterocycles. The number of Topliss-reactive ketones (excluding diaryl/α,β-unsaturated/α-hetero) is 1. The van der Waals surface area contributed by atoms with Crippen LogP contribution in [-0.2, 0) is 4.79 Å². The van der Waals surface area contributed by atoms with Gasteiger partial charge in [-0.25, -0.2) is 9.18 Å². The molecule has 5 nitrogen and oxygen atoms in total. The van der Waals surface area contributed by atoms with E-state index in [2.05, 4.69) is 28.9 Å². The molecule has 3 atom stereocenters. The van der Waals surface area contributed by atoms with Crippen molar-refractivity contribution in [2.24, 2.45) is 11.8 Å². The van der Waals surface area contributed by atoms with E-state index in [9.17, 15) is 14.0 Å². The summed E-state index contributed by atoms with van der Waals surface area (Å²) in [5.41, 5.74) is 1.98. The van der Waals surface area contributed by atoms with E-state index >= 15 is 0 Å². The Labute approximate surface area is 187 Å². The highest BCUT2D eigenvalue weighted by Crippen LogP contribution is 2.48. The van der Waals surface area contributed by atoms with Crippen molar-refractivity contribution in [2.75, 3.05) is 19.6 Å². The van der Waals surface area contributed by atoms with E-state index in [1.807, 2.05) is 18.2 Å². The summed E-state index contributed by atoms with van der Waals surface area (Å²) in [5, 5.41) is 0. The Hall–Kier alpha value is -2.73. The Morgan fingerprint density at radius 3 is 2.62 bits per heavy atom. The molecule has 168 valence electrons. The fourth-order valence-corrected chi connectivity index (χ4v) is 5.46. The molecule has 2 fully saturated rings. The molecule has 2 unspecified atom stereocenters. The lowest BCUT2D eigenvalue weighted by molar-refractivity contribution is -0.121. The quantitative estimate of drug-likeness (QED) is 0.594. The number of hydrogen-bond donors (Lipinski definition) is 1. The van der Waals surface area contributed by atoms with Crippen molar-refractivity contribution in [3.8, 4) is 0 Å². The van der Waals surface area contributed by atoms with Crippen molar-refractivity contribution >= 4 is 16.8 Å². The van der Waals surface area contributed by atoms with Crippen LogP contribution in [0.4, 0.5) is 4.39 Å². The van der Waals surface area contributed by atoms with Gasteiger partial charge in [-0.05, 0) is 48.8 Å². The van der Waals surface area contributed by atoms with E-state index in [4.69, 9.17) is 0 Å². The number of piperidine rings is 1. The van der Waals surface area contributed by atoms with E-state index in [0.29, 0.717) is 35.1 Å². The van der Waals surface area contributed by atoms with Gasteiger partial charge in [-0.1, -0.05) is 43.3 Å². The molecule has 2 aromatic carbocycles. The van der Waals surface area contributed by atoms with Crippen molar-refractivity contribution in [3.05, 3.63) is 70.4 Å². The molecule has 0 spiro atoms. The maximum Gasteiger partial charge on any atom is 0.326 e. The van der Waals surface area contributed by atoms with Crippen LogP contribution in [0.1, 0.15) is 50.1 Å². The third kappa shape index (κ3) is 4.16. The topological polar surface area (TPSA) is 58.1 Å². The lowest BCUT2D eigenvalue weighted by Gasteiger charge is -2.34. The monoisotopic (exact) mass is 435 g/mol. The Balaban J connectivity index is 1.13. The third-order valence-electron chi connectivity index (χ3n) is 7.18. The van der Waals surface area contributed by atoms with Gasteiger partial charge in [0.1, 0.15) is 17.1 Å². The van der Waals surface area contributed by atoms with Crippen LogP contribution < -0.4 is 5.69 Å². The number of para-hydroxylation sites is 1. The summed E-state index contributed by atoms with van der Waals surface area (Å²) >= 11 is 0. The molecule has 1 aromatic heterocycles. The summed E-state index contributed by atoms with van der Waals surface area (Å²) in [6.07, 6.45) is 3.32. The van der Waals surface area contributed by atoms with Crippen LogP contribution in [0.5, 0.6) is 0 Å². The lowest BCUT2D eigenvalue weighted by atomic mass is 9.97. The smallest absolute Gasteiger partial charge is 0.303 e. The number of nitrogens with one attached hydrogen (secondary N) is 1. The number of imidazole rings is 1. The predicted molar refractivity (Wildman–Crippen MR) is 123 cm³/mol. The van der Waals surface area contributed by atoms with Crippen LogP contribution >= 0.6 is 0 Å². The number of hydrogen-bond acceptors (Lipinski definition) is 3. The fourth-order valence-electron chi connectivity index (χ4n) is 5.46. The van der Waals surface area contributed by atoms with Crippen molar-refractivity contribution in [2.45, 2.75) is 44.6 Å². The largest absolute Gasteiger partial charge is 0.326 e.